The lowest BCUT2D eigenvalue weighted by Crippen LogP contribution is -2.33. The highest BCUT2D eigenvalue weighted by atomic mass is 32.5. The lowest BCUT2D eigenvalue weighted by atomic mass is 10.1. The van der Waals surface area contributed by atoms with E-state index in [2.05, 4.69) is 48.2 Å². The summed E-state index contributed by atoms with van der Waals surface area (Å²) in [6.07, 6.45) is -6.70. The van der Waals surface area contributed by atoms with Crippen molar-refractivity contribution in [3.05, 3.63) is 19.0 Å². The van der Waals surface area contributed by atoms with Crippen molar-refractivity contribution in [1.29, 1.82) is 0 Å². The lowest BCUT2D eigenvalue weighted by molar-refractivity contribution is -0.0488. The zero-order valence-electron chi connectivity index (χ0n) is 28.2. The molecule has 310 valence electrons. The fourth-order valence-electron chi connectivity index (χ4n) is 5.41. The fraction of sp³-hybridized carbons (Fsp3) is 0.545. The van der Waals surface area contributed by atoms with Gasteiger partial charge in [0.25, 0.3) is 0 Å². The molecule has 0 aliphatic carbocycles. The Balaban J connectivity index is 1.02. The number of anilines is 2. The molecular formula is C22H32N10O17P4S3. The molecule has 2 aliphatic heterocycles. The number of ether oxygens (including phenoxy) is 2. The van der Waals surface area contributed by atoms with Gasteiger partial charge in [0.05, 0.1) is 25.9 Å². The van der Waals surface area contributed by atoms with Crippen molar-refractivity contribution < 1.29 is 80.6 Å². The number of fused-ring (bicyclic) bond motifs is 2. The summed E-state index contributed by atoms with van der Waals surface area (Å²) in [7, 11) is -10.2. The number of hydrogen-bond donors (Lipinski definition) is 10. The largest absolute Gasteiger partial charge is 0.488 e. The Bertz CT molecular complexity index is 2290. The van der Waals surface area contributed by atoms with Gasteiger partial charge in [0.2, 0.25) is 0 Å². The number of nitrogens with two attached hydrogens (primary N) is 1. The number of aromatic nitrogens is 8. The molecule has 0 saturated carbocycles. The number of hydrogen-bond acceptors (Lipinski definition) is 24. The average molecular weight is 929 g/mol. The summed E-state index contributed by atoms with van der Waals surface area (Å²) in [5, 5.41) is 45.6. The van der Waals surface area contributed by atoms with Crippen LogP contribution in [0.4, 0.5) is 11.6 Å². The van der Waals surface area contributed by atoms with Crippen LogP contribution in [0, 0.1) is 0 Å². The molecular weight excluding hydrogens is 896 g/mol. The van der Waals surface area contributed by atoms with E-state index in [9.17, 15) is 49.1 Å². The van der Waals surface area contributed by atoms with E-state index in [0.717, 1.165) is 0 Å². The van der Waals surface area contributed by atoms with E-state index in [4.69, 9.17) is 47.9 Å². The lowest BCUT2D eigenvalue weighted by Gasteiger charge is -2.24. The SMILES string of the molecule is CNc1ncnc2c1ncn2[C@@H]1O[C@H](COP(O)(=S)OP(=O)(O)OP(=O)(O)OP(O)(=S)OC[C@H]2O[C@@H](n3cnc4c(N)nc(SC)nc43)[C@H](O)[C@@H]2O)[C@@H](O)[C@H]1O. The summed E-state index contributed by atoms with van der Waals surface area (Å²) in [5.74, 6) is 0.403. The zero-order chi connectivity index (χ0) is 41.0. The zero-order valence-corrected chi connectivity index (χ0v) is 34.2. The number of aliphatic hydroxyl groups is 4. The first kappa shape index (κ1) is 43.8. The molecule has 2 fully saturated rings. The summed E-state index contributed by atoms with van der Waals surface area (Å²) in [6.45, 7) is -11.5. The van der Waals surface area contributed by atoms with Gasteiger partial charge in [0, 0.05) is 7.05 Å². The van der Waals surface area contributed by atoms with Gasteiger partial charge in [0.15, 0.2) is 40.5 Å². The normalized spacial score (nSPS) is 29.9. The topological polar surface area (TPSA) is 386 Å². The van der Waals surface area contributed by atoms with Crippen LogP contribution in [-0.4, -0.2) is 142 Å². The molecule has 0 radical (unpaired) electrons. The number of rotatable bonds is 16. The molecule has 0 amide bonds. The highest BCUT2D eigenvalue weighted by Gasteiger charge is 2.48. The monoisotopic (exact) mass is 928 g/mol. The molecule has 2 aliphatic rings. The third kappa shape index (κ3) is 9.48. The van der Waals surface area contributed by atoms with E-state index < -0.39 is 91.4 Å². The van der Waals surface area contributed by atoms with Crippen molar-refractivity contribution in [2.24, 2.45) is 0 Å². The van der Waals surface area contributed by atoms with Crippen molar-refractivity contribution in [2.75, 3.05) is 37.6 Å². The smallest absolute Gasteiger partial charge is 0.387 e. The molecule has 34 heteroatoms. The Morgan fingerprint density at radius 3 is 1.79 bits per heavy atom. The van der Waals surface area contributed by atoms with Crippen LogP contribution in [0.5, 0.6) is 0 Å². The summed E-state index contributed by atoms with van der Waals surface area (Å²) < 4.78 is 61.9. The molecule has 4 aromatic rings. The Labute approximate surface area is 327 Å². The Hall–Kier alpha value is -1.79. The molecule has 11 N–H and O–H groups in total. The summed E-state index contributed by atoms with van der Waals surface area (Å²) in [4.78, 5) is 65.9. The second-order valence-electron chi connectivity index (χ2n) is 11.5. The number of nitrogens with zero attached hydrogens (tertiary/aromatic N) is 8. The van der Waals surface area contributed by atoms with Crippen LogP contribution in [0.1, 0.15) is 12.5 Å². The van der Waals surface area contributed by atoms with Crippen molar-refractivity contribution in [1.82, 2.24) is 39.0 Å². The summed E-state index contributed by atoms with van der Waals surface area (Å²) in [6, 6.07) is 0. The van der Waals surface area contributed by atoms with Crippen LogP contribution in [0.2, 0.25) is 0 Å². The standard InChI is InChI=1S/C22H32N10O17P4S3/c1-24-17-11-18(26-5-25-17)31(7-28-11)20-14(35)12(33)8(45-20)3-43-52(41,54)48-50(37,38)47-51(39,40)49-53(42,55)44-4-9-13(34)15(36)21(46-9)32-6-27-10-16(23)29-22(56-2)30-19(10)32/h5-9,12-15,20-21,33-36H,3-4H2,1-2H3,(H,37,38)(H,39,40)(H,41,54)(H,42,55)(H2,23,29,30)(H,24,25,26)/t8-,9-,12-,13-,14-,15-,20-,21-,52?,53?/m1/s1. The van der Waals surface area contributed by atoms with Crippen LogP contribution in [0.15, 0.2) is 24.1 Å². The molecule has 0 aromatic carbocycles. The molecule has 56 heavy (non-hydrogen) atoms. The number of phosphoric acid groups is 2. The third-order valence-electron chi connectivity index (χ3n) is 7.85. The van der Waals surface area contributed by atoms with Gasteiger partial charge in [-0.3, -0.25) is 9.13 Å². The first-order valence-electron chi connectivity index (χ1n) is 15.3. The highest BCUT2D eigenvalue weighted by Crippen LogP contribution is 2.71. The predicted molar refractivity (Wildman–Crippen MR) is 196 cm³/mol. The second-order valence-corrected chi connectivity index (χ2v) is 21.3. The molecule has 0 bridgehead atoms. The summed E-state index contributed by atoms with van der Waals surface area (Å²) >= 11 is 10.6. The molecule has 4 unspecified atom stereocenters. The van der Waals surface area contributed by atoms with Gasteiger partial charge in [-0.15, -0.1) is 0 Å². The van der Waals surface area contributed by atoms with Crippen LogP contribution >= 0.6 is 40.8 Å². The fourth-order valence-corrected chi connectivity index (χ4v) is 12.6. The molecule has 6 rings (SSSR count). The predicted octanol–water partition coefficient (Wildman–Crippen LogP) is -1.03. The van der Waals surface area contributed by atoms with E-state index in [-0.39, 0.29) is 27.8 Å². The second kappa shape index (κ2) is 16.7. The van der Waals surface area contributed by atoms with E-state index in [0.29, 0.717) is 11.3 Å². The van der Waals surface area contributed by atoms with Gasteiger partial charge in [-0.2, -0.15) is 4.31 Å². The molecule has 12 atom stereocenters. The molecule has 4 aromatic heterocycles. The molecule has 27 nitrogen and oxygen atoms in total. The van der Waals surface area contributed by atoms with Crippen LogP contribution in [-0.2, 0) is 64.2 Å². The van der Waals surface area contributed by atoms with Gasteiger partial charge in [-0.25, -0.2) is 47.7 Å². The third-order valence-corrected chi connectivity index (χ3v) is 16.1. The van der Waals surface area contributed by atoms with Gasteiger partial charge < -0.3 is 69.6 Å². The Morgan fingerprint density at radius 1 is 0.786 bits per heavy atom. The minimum absolute atomic E-state index is 0.0399. The molecule has 2 saturated heterocycles. The van der Waals surface area contributed by atoms with Crippen molar-refractivity contribution in [3.8, 4) is 0 Å². The van der Waals surface area contributed by atoms with Gasteiger partial charge in [0.1, 0.15) is 54.0 Å². The number of nitrogen functional groups attached to an aromatic ring is 1. The van der Waals surface area contributed by atoms with Gasteiger partial charge >= 0.3 is 29.1 Å². The average Bonchev–Trinajstić information content (AvgIpc) is 3.86. The maximum Gasteiger partial charge on any atom is 0.488 e. The highest BCUT2D eigenvalue weighted by molar-refractivity contribution is 8.09. The molecule has 6 heterocycles. The summed E-state index contributed by atoms with van der Waals surface area (Å²) in [5.41, 5.74) is 6.78. The maximum atomic E-state index is 12.6. The maximum absolute atomic E-state index is 12.6. The first-order chi connectivity index (χ1) is 26.1. The van der Waals surface area contributed by atoms with Crippen molar-refractivity contribution in [3.63, 3.8) is 0 Å². The van der Waals surface area contributed by atoms with Crippen molar-refractivity contribution >= 4 is 98.4 Å². The van der Waals surface area contributed by atoms with Crippen molar-refractivity contribution in [2.45, 2.75) is 54.2 Å². The van der Waals surface area contributed by atoms with E-state index >= 15 is 0 Å². The molecule has 0 spiro atoms. The van der Waals surface area contributed by atoms with Gasteiger partial charge in [-0.05, 0) is 29.9 Å². The number of imidazole rings is 2. The van der Waals surface area contributed by atoms with E-state index in [1.165, 1.54) is 39.9 Å². The number of nitrogens with one attached hydrogen (secondary N) is 1. The minimum atomic E-state index is -5.90. The van der Waals surface area contributed by atoms with Crippen LogP contribution in [0.25, 0.3) is 22.3 Å². The minimum Gasteiger partial charge on any atom is -0.387 e. The first-order valence-corrected chi connectivity index (χ1v) is 24.7. The number of aliphatic hydroxyl groups excluding tert-OH is 4. The Morgan fingerprint density at radius 2 is 1.29 bits per heavy atom. The van der Waals surface area contributed by atoms with Crippen LogP contribution < -0.4 is 11.1 Å². The van der Waals surface area contributed by atoms with E-state index in [1.807, 2.05) is 0 Å². The van der Waals surface area contributed by atoms with Gasteiger partial charge in [-0.1, -0.05) is 11.8 Å². The Kier molecular flexibility index (Phi) is 13.1. The van der Waals surface area contributed by atoms with Crippen LogP contribution in [0.3, 0.4) is 0 Å². The quantitative estimate of drug-likeness (QED) is 0.0365. The number of thioether (sulfide) groups is 1. The van der Waals surface area contributed by atoms with E-state index in [1.54, 1.807) is 13.3 Å².